The summed E-state index contributed by atoms with van der Waals surface area (Å²) in [4.78, 5) is 12.4. The van der Waals surface area contributed by atoms with Gasteiger partial charge in [-0.25, -0.2) is 0 Å². The van der Waals surface area contributed by atoms with E-state index in [1.54, 1.807) is 0 Å². The highest BCUT2D eigenvalue weighted by molar-refractivity contribution is 6.99. The van der Waals surface area contributed by atoms with Gasteiger partial charge in [0.15, 0.2) is 0 Å². The Labute approximate surface area is 187 Å². The minimum absolute atomic E-state index is 0.0115. The van der Waals surface area contributed by atoms with Crippen LogP contribution in [0.15, 0.2) is 60.7 Å². The van der Waals surface area contributed by atoms with E-state index in [0.717, 1.165) is 6.42 Å². The molecule has 0 aliphatic heterocycles. The van der Waals surface area contributed by atoms with Crippen LogP contribution in [0.25, 0.3) is 0 Å². The summed E-state index contributed by atoms with van der Waals surface area (Å²) >= 11 is 0. The van der Waals surface area contributed by atoms with Crippen LogP contribution in [0.5, 0.6) is 0 Å². The Morgan fingerprint density at radius 2 is 1.52 bits per heavy atom. The van der Waals surface area contributed by atoms with Crippen molar-refractivity contribution >= 4 is 24.7 Å². The second-order valence-electron chi connectivity index (χ2n) is 9.65. The van der Waals surface area contributed by atoms with E-state index < -0.39 is 14.4 Å². The van der Waals surface area contributed by atoms with Gasteiger partial charge in [0.1, 0.15) is 0 Å². The number of hydrogen-bond acceptors (Lipinski definition) is 4. The fraction of sp³-hybridized carbons (Fsp3) is 0.500. The number of ether oxygens (including phenoxy) is 1. The maximum absolute atomic E-state index is 12.4. The van der Waals surface area contributed by atoms with Crippen LogP contribution in [0, 0.1) is 11.8 Å². The average molecular weight is 441 g/mol. The molecular formula is C26H36O4Si. The highest BCUT2D eigenvalue weighted by Gasteiger charge is 2.53. The molecule has 168 valence electrons. The predicted octanol–water partition coefficient (Wildman–Crippen LogP) is 3.90. The van der Waals surface area contributed by atoms with Crippen LogP contribution in [-0.2, 0) is 14.0 Å². The highest BCUT2D eigenvalue weighted by atomic mass is 28.4. The van der Waals surface area contributed by atoms with Crippen molar-refractivity contribution in [2.75, 3.05) is 7.11 Å². The molecule has 5 heteroatoms. The van der Waals surface area contributed by atoms with Crippen LogP contribution in [-0.4, -0.2) is 38.7 Å². The summed E-state index contributed by atoms with van der Waals surface area (Å²) in [5.74, 6) is -0.613. The molecule has 1 saturated carbocycles. The lowest BCUT2D eigenvalue weighted by Crippen LogP contribution is -2.69. The Kier molecular flexibility index (Phi) is 7.40. The monoisotopic (exact) mass is 440 g/mol. The lowest BCUT2D eigenvalue weighted by molar-refractivity contribution is -0.152. The standard InChI is InChI=1S/C26H36O4Si/c1-6-22-23(27)17-19(25(28)29-5)18-24(22)30-31(26(2,3)4,20-13-9-7-10-14-20)21-15-11-8-12-16-21/h7-16,19,22-24,27H,6,17-18H2,1-5H3/t19-,22-,23+,24-/m0/s1. The number of hydrogen-bond donors (Lipinski definition) is 1. The van der Waals surface area contributed by atoms with E-state index in [1.165, 1.54) is 17.5 Å². The Balaban J connectivity index is 2.14. The molecule has 0 radical (unpaired) electrons. The van der Waals surface area contributed by atoms with Crippen molar-refractivity contribution in [2.45, 2.75) is 64.2 Å². The van der Waals surface area contributed by atoms with Gasteiger partial charge in [0, 0.05) is 5.92 Å². The van der Waals surface area contributed by atoms with Crippen molar-refractivity contribution in [3.05, 3.63) is 60.7 Å². The van der Waals surface area contributed by atoms with Gasteiger partial charge in [-0.1, -0.05) is 88.4 Å². The molecule has 3 rings (SSSR count). The molecule has 2 aromatic carbocycles. The average Bonchev–Trinajstić information content (AvgIpc) is 2.77. The number of aliphatic hydroxyl groups is 1. The van der Waals surface area contributed by atoms with E-state index >= 15 is 0 Å². The number of esters is 1. The molecule has 0 spiro atoms. The fourth-order valence-corrected chi connectivity index (χ4v) is 9.95. The summed E-state index contributed by atoms with van der Waals surface area (Å²) in [6.45, 7) is 8.83. The van der Waals surface area contributed by atoms with E-state index in [9.17, 15) is 9.90 Å². The number of methoxy groups -OCH3 is 1. The predicted molar refractivity (Wildman–Crippen MR) is 127 cm³/mol. The van der Waals surface area contributed by atoms with E-state index in [-0.39, 0.29) is 28.9 Å². The van der Waals surface area contributed by atoms with Gasteiger partial charge < -0.3 is 14.3 Å². The molecule has 0 aromatic heterocycles. The first-order chi connectivity index (χ1) is 14.7. The van der Waals surface area contributed by atoms with E-state index in [4.69, 9.17) is 9.16 Å². The number of aliphatic hydroxyl groups excluding tert-OH is 1. The van der Waals surface area contributed by atoms with Gasteiger partial charge in [-0.2, -0.15) is 0 Å². The lowest BCUT2D eigenvalue weighted by Gasteiger charge is -2.49. The van der Waals surface area contributed by atoms with Crippen LogP contribution in [0.3, 0.4) is 0 Å². The quantitative estimate of drug-likeness (QED) is 0.547. The third-order valence-electron chi connectivity index (χ3n) is 6.77. The number of carbonyl (C=O) groups is 1. The van der Waals surface area contributed by atoms with Crippen LogP contribution >= 0.6 is 0 Å². The van der Waals surface area contributed by atoms with Gasteiger partial charge >= 0.3 is 5.97 Å². The van der Waals surface area contributed by atoms with Crippen molar-refractivity contribution in [3.8, 4) is 0 Å². The van der Waals surface area contributed by atoms with Crippen molar-refractivity contribution in [3.63, 3.8) is 0 Å². The van der Waals surface area contributed by atoms with Gasteiger partial charge in [0.05, 0.1) is 25.2 Å². The maximum atomic E-state index is 12.4. The summed E-state index contributed by atoms with van der Waals surface area (Å²) in [6, 6.07) is 21.0. The fourth-order valence-electron chi connectivity index (χ4n) is 5.21. The largest absolute Gasteiger partial charge is 0.469 e. The Hall–Kier alpha value is -1.95. The Morgan fingerprint density at radius 3 is 1.94 bits per heavy atom. The molecule has 0 bridgehead atoms. The van der Waals surface area contributed by atoms with Gasteiger partial charge in [-0.05, 0) is 34.7 Å². The van der Waals surface area contributed by atoms with Crippen LogP contribution in [0.4, 0.5) is 0 Å². The first kappa shape index (κ1) is 23.7. The zero-order valence-corrected chi connectivity index (χ0v) is 20.4. The summed E-state index contributed by atoms with van der Waals surface area (Å²) in [5, 5.41) is 13.2. The van der Waals surface area contributed by atoms with E-state index in [1.807, 2.05) is 12.1 Å². The molecule has 0 heterocycles. The third-order valence-corrected chi connectivity index (χ3v) is 11.8. The lowest BCUT2D eigenvalue weighted by atomic mass is 9.76. The molecule has 0 unspecified atom stereocenters. The third kappa shape index (κ3) is 4.64. The minimum atomic E-state index is -2.76. The van der Waals surface area contributed by atoms with Crippen molar-refractivity contribution < 1.29 is 19.1 Å². The first-order valence-electron chi connectivity index (χ1n) is 11.3. The number of carbonyl (C=O) groups excluding carboxylic acids is 1. The summed E-state index contributed by atoms with van der Waals surface area (Å²) < 4.78 is 12.3. The summed E-state index contributed by atoms with van der Waals surface area (Å²) in [6.07, 6.45) is 1.02. The molecule has 2 aromatic rings. The van der Waals surface area contributed by atoms with Crippen LogP contribution in [0.1, 0.15) is 47.0 Å². The molecule has 4 atom stereocenters. The molecule has 1 fully saturated rings. The van der Waals surface area contributed by atoms with Crippen LogP contribution in [0.2, 0.25) is 5.04 Å². The second-order valence-corrected chi connectivity index (χ2v) is 13.9. The molecule has 4 nitrogen and oxygen atoms in total. The second kappa shape index (κ2) is 9.68. The first-order valence-corrected chi connectivity index (χ1v) is 13.2. The van der Waals surface area contributed by atoms with Gasteiger partial charge in [0.2, 0.25) is 0 Å². The van der Waals surface area contributed by atoms with Crippen molar-refractivity contribution in [1.82, 2.24) is 0 Å². The van der Waals surface area contributed by atoms with Crippen LogP contribution < -0.4 is 10.4 Å². The van der Waals surface area contributed by atoms with Gasteiger partial charge in [0.25, 0.3) is 8.32 Å². The maximum Gasteiger partial charge on any atom is 0.308 e. The van der Waals surface area contributed by atoms with E-state index in [0.29, 0.717) is 12.8 Å². The normalized spacial score (nSPS) is 24.6. The zero-order chi connectivity index (χ0) is 22.6. The van der Waals surface area contributed by atoms with Crippen molar-refractivity contribution in [1.29, 1.82) is 0 Å². The molecule has 1 aliphatic carbocycles. The SMILES string of the molecule is CC[C@H]1[C@H](O)C[C@H](C(=O)OC)C[C@@H]1O[Si](c1ccccc1)(c1ccccc1)C(C)(C)C. The summed E-state index contributed by atoms with van der Waals surface area (Å²) in [7, 11) is -1.35. The summed E-state index contributed by atoms with van der Waals surface area (Å²) in [5.41, 5.74) is 0. The van der Waals surface area contributed by atoms with Gasteiger partial charge in [-0.3, -0.25) is 4.79 Å². The number of benzene rings is 2. The molecule has 1 N–H and O–H groups in total. The smallest absolute Gasteiger partial charge is 0.308 e. The Bertz CT molecular complexity index is 807. The zero-order valence-electron chi connectivity index (χ0n) is 19.4. The number of rotatable bonds is 6. The molecule has 0 saturated heterocycles. The topological polar surface area (TPSA) is 55.8 Å². The minimum Gasteiger partial charge on any atom is -0.469 e. The van der Waals surface area contributed by atoms with Crippen molar-refractivity contribution in [2.24, 2.45) is 11.8 Å². The molecule has 31 heavy (non-hydrogen) atoms. The molecular weight excluding hydrogens is 404 g/mol. The molecule has 1 aliphatic rings. The van der Waals surface area contributed by atoms with Gasteiger partial charge in [-0.15, -0.1) is 0 Å². The highest BCUT2D eigenvalue weighted by Crippen LogP contribution is 2.42. The molecule has 0 amide bonds. The Morgan fingerprint density at radius 1 is 1.00 bits per heavy atom. The van der Waals surface area contributed by atoms with E-state index in [2.05, 4.69) is 76.2 Å².